The Bertz CT molecular complexity index is 4660. The molecule has 3 heterocycles. The van der Waals surface area contributed by atoms with Gasteiger partial charge in [-0.2, -0.15) is 12.1 Å². The zero-order chi connectivity index (χ0) is 67.1. The predicted octanol–water partition coefficient (Wildman–Crippen LogP) is 21.3. The minimum Gasteiger partial charge on any atom is -0.509 e. The fourth-order valence-corrected chi connectivity index (χ4v) is 12.1. The molecule has 0 fully saturated rings. The number of nitrogens with zero attached hydrogens (tertiary/aromatic N) is 4. The van der Waals surface area contributed by atoms with E-state index in [4.69, 9.17) is 13.8 Å². The maximum absolute atomic E-state index is 10.2. The first-order valence-electron chi connectivity index (χ1n) is 34.3. The summed E-state index contributed by atoms with van der Waals surface area (Å²) in [5, 5.41) is 0.909. The summed E-state index contributed by atoms with van der Waals surface area (Å²) in [5.41, 5.74) is 11.5. The summed E-state index contributed by atoms with van der Waals surface area (Å²) < 4.78 is 103. The Morgan fingerprint density at radius 3 is 1.98 bits per heavy atom. The Labute approximate surface area is 529 Å². The van der Waals surface area contributed by atoms with E-state index in [-0.39, 0.29) is 114 Å². The molecule has 0 saturated heterocycles. The molecule has 432 valence electrons. The van der Waals surface area contributed by atoms with Gasteiger partial charge in [0.15, 0.2) is 0 Å². The minimum absolute atomic E-state index is 0. The molecule has 10 aromatic rings. The molecular formula is C78H81N4OPt-3. The van der Waals surface area contributed by atoms with Gasteiger partial charge in [0.1, 0.15) is 5.82 Å². The summed E-state index contributed by atoms with van der Waals surface area (Å²) in [5.74, 6) is 0.976. The Balaban J connectivity index is 0.00000901. The molecule has 84 heavy (non-hydrogen) atoms. The number of ether oxygens (including phenoxy) is 1. The number of hydrogen-bond acceptors (Lipinski definition) is 4. The molecule has 0 bridgehead atoms. The van der Waals surface area contributed by atoms with Gasteiger partial charge in [-0.15, -0.1) is 48.1 Å². The van der Waals surface area contributed by atoms with E-state index in [1.54, 1.807) is 29.0 Å². The fourth-order valence-electron chi connectivity index (χ4n) is 12.1. The van der Waals surface area contributed by atoms with Crippen molar-refractivity contribution in [3.63, 3.8) is 0 Å². The van der Waals surface area contributed by atoms with E-state index in [9.17, 15) is 9.60 Å². The summed E-state index contributed by atoms with van der Waals surface area (Å²) in [4.78, 5) is 8.90. The van der Waals surface area contributed by atoms with Crippen molar-refractivity contribution in [3.8, 4) is 50.7 Å². The van der Waals surface area contributed by atoms with Crippen LogP contribution < -0.4 is 14.5 Å². The number of aromatic nitrogens is 2. The number of hydrogen-bond donors (Lipinski definition) is 0. The van der Waals surface area contributed by atoms with Gasteiger partial charge in [0, 0.05) is 75.2 Å². The van der Waals surface area contributed by atoms with E-state index in [0.29, 0.717) is 68.1 Å². The van der Waals surface area contributed by atoms with E-state index in [1.807, 2.05) is 113 Å². The van der Waals surface area contributed by atoms with Crippen LogP contribution in [0.5, 0.6) is 11.5 Å². The summed E-state index contributed by atoms with van der Waals surface area (Å²) in [6.45, 7) is 31.7. The maximum Gasteiger partial charge on any atom is 0.135 e. The molecule has 0 radical (unpaired) electrons. The van der Waals surface area contributed by atoms with E-state index in [0.717, 1.165) is 52.0 Å². The van der Waals surface area contributed by atoms with Gasteiger partial charge in [-0.1, -0.05) is 193 Å². The predicted molar refractivity (Wildman–Crippen MR) is 350 cm³/mol. The largest absolute Gasteiger partial charge is 0.509 e. The minimum atomic E-state index is -1.75. The van der Waals surface area contributed by atoms with Crippen LogP contribution in [0, 0.1) is 30.6 Å². The maximum atomic E-state index is 10.2. The van der Waals surface area contributed by atoms with Crippen LogP contribution >= 0.6 is 0 Å². The molecule has 8 aromatic carbocycles. The molecule has 0 spiro atoms. The van der Waals surface area contributed by atoms with E-state index < -0.39 is 11.8 Å². The number of para-hydroxylation sites is 3. The Morgan fingerprint density at radius 1 is 0.607 bits per heavy atom. The van der Waals surface area contributed by atoms with Gasteiger partial charge in [-0.25, -0.2) is 4.98 Å². The Kier molecular flexibility index (Phi) is 12.5. The van der Waals surface area contributed by atoms with Crippen LogP contribution in [0.3, 0.4) is 0 Å². The quantitative estimate of drug-likeness (QED) is 0.114. The van der Waals surface area contributed by atoms with Crippen molar-refractivity contribution in [2.75, 3.05) is 9.80 Å². The van der Waals surface area contributed by atoms with Gasteiger partial charge in [-0.05, 0) is 163 Å². The topological polar surface area (TPSA) is 33.5 Å². The molecule has 0 saturated carbocycles. The standard InChI is InChI=1S/C78H81N4O.Pt/c1-50(2)38-52-40-57(44-59(41-52)76(8,9)10)54-26-28-55(29-27-54)65-42-53(39-51(3)4)43-66(56-30-33-67-68(45-56)78(13,14)36-35-77(67,11)12)74(65)81-49-80(70-24-17-18-25-71(70)81)60-20-19-21-61(47-60)83-62-31-32-64-63-22-15-16-23-69(63)82(72(64)48-62)73-46-58(34-37-79-73)75(5,6)7;/h15-34,37,40-46,49-51H,35-36,38-39H2,1-14H3;/q-3;/i15D,16D,22D,23D,26D,27D,28D,29D,38D2;. The molecule has 0 N–H and O–H groups in total. The monoisotopic (exact) mass is 1290 g/mol. The number of rotatable bonds is 12. The van der Waals surface area contributed by atoms with Crippen LogP contribution in [0.1, 0.15) is 157 Å². The van der Waals surface area contributed by atoms with Crippen molar-refractivity contribution in [1.82, 2.24) is 9.55 Å². The van der Waals surface area contributed by atoms with Crippen LogP contribution in [0.2, 0.25) is 0 Å². The molecule has 6 heteroatoms. The van der Waals surface area contributed by atoms with Crippen LogP contribution in [0.4, 0.5) is 22.7 Å². The van der Waals surface area contributed by atoms with E-state index in [2.05, 4.69) is 110 Å². The fraction of sp³-hybridized carbons (Fsp3) is 0.308. The molecule has 2 aliphatic rings. The van der Waals surface area contributed by atoms with Crippen LogP contribution in [-0.4, -0.2) is 9.55 Å². The zero-order valence-electron chi connectivity index (χ0n) is 60.9. The second kappa shape index (κ2) is 22.3. The summed E-state index contributed by atoms with van der Waals surface area (Å²) in [7, 11) is 0. The molecule has 1 aliphatic heterocycles. The third kappa shape index (κ3) is 11.3. The van der Waals surface area contributed by atoms with Crippen molar-refractivity contribution in [3.05, 3.63) is 222 Å². The van der Waals surface area contributed by atoms with Crippen LogP contribution in [0.25, 0.3) is 61.0 Å². The average molecular weight is 1300 g/mol. The molecule has 0 amide bonds. The molecule has 0 unspecified atom stereocenters. The van der Waals surface area contributed by atoms with Crippen molar-refractivity contribution >= 4 is 44.6 Å². The third-order valence-electron chi connectivity index (χ3n) is 16.6. The summed E-state index contributed by atoms with van der Waals surface area (Å²) in [6, 6.07) is 42.8. The first-order valence-corrected chi connectivity index (χ1v) is 29.3. The van der Waals surface area contributed by atoms with E-state index in [1.165, 1.54) is 11.1 Å². The first kappa shape index (κ1) is 47.1. The number of benzene rings is 8. The van der Waals surface area contributed by atoms with Gasteiger partial charge in [0.2, 0.25) is 0 Å². The van der Waals surface area contributed by atoms with Crippen LogP contribution in [0.15, 0.2) is 170 Å². The van der Waals surface area contributed by atoms with Crippen molar-refractivity contribution in [2.45, 2.75) is 144 Å². The van der Waals surface area contributed by atoms with Crippen LogP contribution in [-0.2, 0) is 55.5 Å². The van der Waals surface area contributed by atoms with Gasteiger partial charge < -0.3 is 19.1 Å². The zero-order valence-corrected chi connectivity index (χ0v) is 53.2. The summed E-state index contributed by atoms with van der Waals surface area (Å²) in [6.07, 6.45) is 2.68. The van der Waals surface area contributed by atoms with Gasteiger partial charge >= 0.3 is 0 Å². The summed E-state index contributed by atoms with van der Waals surface area (Å²) >= 11 is 0. The Hall–Kier alpha value is -7.20. The third-order valence-corrected chi connectivity index (χ3v) is 16.6. The molecule has 1 aliphatic carbocycles. The number of anilines is 4. The smallest absolute Gasteiger partial charge is 0.135 e. The van der Waals surface area contributed by atoms with Gasteiger partial charge in [0.05, 0.1) is 11.0 Å². The molecule has 2 aromatic heterocycles. The molecule has 12 rings (SSSR count). The normalized spacial score (nSPS) is 16.6. The molecule has 5 nitrogen and oxygen atoms in total. The van der Waals surface area contributed by atoms with Crippen molar-refractivity contribution < 1.29 is 39.5 Å². The van der Waals surface area contributed by atoms with Crippen molar-refractivity contribution in [2.24, 2.45) is 11.8 Å². The van der Waals surface area contributed by atoms with Crippen molar-refractivity contribution in [1.29, 1.82) is 0 Å². The second-order valence-electron chi connectivity index (χ2n) is 26.9. The second-order valence-corrected chi connectivity index (χ2v) is 26.9. The first-order chi connectivity index (χ1) is 43.6. The van der Waals surface area contributed by atoms with Gasteiger partial charge in [0.25, 0.3) is 0 Å². The van der Waals surface area contributed by atoms with Gasteiger partial charge in [-0.3, -0.25) is 0 Å². The molecule has 0 atom stereocenters. The average Bonchev–Trinajstić information content (AvgIpc) is 1.32. The Morgan fingerprint density at radius 2 is 1.27 bits per heavy atom. The molecular weight excluding hydrogens is 1200 g/mol. The number of fused-ring (bicyclic) bond motifs is 5. The van der Waals surface area contributed by atoms with E-state index >= 15 is 0 Å². The number of pyridine rings is 1. The SMILES string of the molecule is [2H]c1c([2H])c(-c2cc(CC(C)C)cc(-c3ccc4c(c3)C(C)(C)CCC4(C)C)c2N2[CH-]N(c3[c-]c(Oc4[c-]c5c(cc4)c4c([2H])c([2H])c([2H])c([2H])c4n5-c4cc(C(C)(C)C)ccn4)ccc3)c3ccccc32)c([2H])c([2H])c1-c1cc(C(C)(C)C)cc(C([2H])([2H])C(C)C)c1.[Pt].